The Bertz CT molecular complexity index is 775. The highest BCUT2D eigenvalue weighted by Gasteiger charge is 2.25. The smallest absolute Gasteiger partial charge is 0.244 e. The van der Waals surface area contributed by atoms with Gasteiger partial charge in [0.15, 0.2) is 0 Å². The number of carbonyl (C=O) groups is 2. The van der Waals surface area contributed by atoms with Gasteiger partial charge in [-0.15, -0.1) is 11.8 Å². The van der Waals surface area contributed by atoms with Gasteiger partial charge in [0.2, 0.25) is 11.8 Å². The summed E-state index contributed by atoms with van der Waals surface area (Å²) in [6.45, 7) is -0.0858. The quantitative estimate of drug-likeness (QED) is 0.927. The average molecular weight is 342 g/mol. The number of nitrogens with zero attached hydrogens (tertiary/aromatic N) is 1. The molecule has 122 valence electrons. The zero-order chi connectivity index (χ0) is 16.9. The molecule has 1 aliphatic rings. The van der Waals surface area contributed by atoms with E-state index in [9.17, 15) is 14.0 Å². The number of benzene rings is 2. The third-order valence-electron chi connectivity index (χ3n) is 3.49. The summed E-state index contributed by atoms with van der Waals surface area (Å²) >= 11 is 1.42. The molecule has 0 aromatic heterocycles. The van der Waals surface area contributed by atoms with Crippen molar-refractivity contribution in [2.24, 2.45) is 0 Å². The van der Waals surface area contributed by atoms with Gasteiger partial charge in [-0.2, -0.15) is 0 Å². The number of nitrogens with one attached hydrogen (secondary N) is 1. The Kier molecular flexibility index (Phi) is 4.96. The van der Waals surface area contributed by atoms with Crippen LogP contribution in [-0.2, 0) is 9.59 Å². The maximum atomic E-state index is 12.9. The third kappa shape index (κ3) is 3.83. The van der Waals surface area contributed by atoms with Crippen LogP contribution in [0.1, 0.15) is 5.56 Å². The van der Waals surface area contributed by atoms with Crippen LogP contribution in [0.2, 0.25) is 0 Å². The number of rotatable bonds is 4. The van der Waals surface area contributed by atoms with E-state index in [1.54, 1.807) is 0 Å². The molecular formula is C18H15FN2O2S. The second kappa shape index (κ2) is 7.31. The van der Waals surface area contributed by atoms with Crippen LogP contribution in [0.25, 0.3) is 5.70 Å². The molecule has 0 unspecified atom stereocenters. The molecule has 1 aliphatic heterocycles. The first-order valence-electron chi connectivity index (χ1n) is 7.36. The summed E-state index contributed by atoms with van der Waals surface area (Å²) < 4.78 is 12.9. The maximum Gasteiger partial charge on any atom is 0.244 e. The van der Waals surface area contributed by atoms with E-state index in [2.05, 4.69) is 5.32 Å². The van der Waals surface area contributed by atoms with E-state index in [0.29, 0.717) is 17.1 Å². The lowest BCUT2D eigenvalue weighted by Gasteiger charge is -2.28. The van der Waals surface area contributed by atoms with Gasteiger partial charge in [0.05, 0.1) is 11.4 Å². The van der Waals surface area contributed by atoms with Gasteiger partial charge in [-0.3, -0.25) is 9.59 Å². The van der Waals surface area contributed by atoms with Crippen molar-refractivity contribution in [3.63, 3.8) is 0 Å². The van der Waals surface area contributed by atoms with E-state index >= 15 is 0 Å². The minimum atomic E-state index is -0.370. The molecule has 2 aromatic rings. The standard InChI is InChI=1S/C18H15FN2O2S/c19-14-6-8-15(9-7-14)20-17(22)10-21-16(11-24-12-18(21)23)13-4-2-1-3-5-13/h1-9,11H,10,12H2,(H,20,22). The van der Waals surface area contributed by atoms with Crippen LogP contribution in [0.15, 0.2) is 60.0 Å². The van der Waals surface area contributed by atoms with Gasteiger partial charge in [0.1, 0.15) is 12.4 Å². The summed E-state index contributed by atoms with van der Waals surface area (Å²) in [5.74, 6) is -0.509. The number of halogens is 1. The van der Waals surface area contributed by atoms with Crippen molar-refractivity contribution in [2.45, 2.75) is 0 Å². The largest absolute Gasteiger partial charge is 0.325 e. The molecule has 1 heterocycles. The lowest BCUT2D eigenvalue weighted by Crippen LogP contribution is -2.39. The summed E-state index contributed by atoms with van der Waals surface area (Å²) in [5, 5.41) is 4.57. The molecule has 0 fully saturated rings. The molecule has 0 spiro atoms. The van der Waals surface area contributed by atoms with Gasteiger partial charge in [-0.1, -0.05) is 30.3 Å². The third-order valence-corrected chi connectivity index (χ3v) is 4.30. The summed E-state index contributed by atoms with van der Waals surface area (Å²) in [7, 11) is 0. The van der Waals surface area contributed by atoms with Crippen LogP contribution in [-0.4, -0.2) is 29.0 Å². The molecule has 6 heteroatoms. The van der Waals surface area contributed by atoms with Crippen molar-refractivity contribution in [1.82, 2.24) is 4.90 Å². The Morgan fingerprint density at radius 1 is 1.12 bits per heavy atom. The van der Waals surface area contributed by atoms with Gasteiger partial charge < -0.3 is 10.2 Å². The molecule has 2 amide bonds. The molecule has 0 saturated carbocycles. The predicted molar refractivity (Wildman–Crippen MR) is 93.6 cm³/mol. The fourth-order valence-electron chi connectivity index (χ4n) is 2.35. The second-order valence-electron chi connectivity index (χ2n) is 5.22. The highest BCUT2D eigenvalue weighted by molar-refractivity contribution is 8.03. The number of hydrogen-bond acceptors (Lipinski definition) is 3. The molecular weight excluding hydrogens is 327 g/mol. The molecule has 1 N–H and O–H groups in total. The Morgan fingerprint density at radius 2 is 1.83 bits per heavy atom. The first-order valence-corrected chi connectivity index (χ1v) is 8.41. The van der Waals surface area contributed by atoms with Crippen molar-refractivity contribution in [3.05, 3.63) is 71.4 Å². The molecule has 0 atom stereocenters. The Morgan fingerprint density at radius 3 is 2.54 bits per heavy atom. The summed E-state index contributed by atoms with van der Waals surface area (Å²) in [4.78, 5) is 26.0. The Hall–Kier alpha value is -2.60. The van der Waals surface area contributed by atoms with Crippen LogP contribution in [0, 0.1) is 5.82 Å². The van der Waals surface area contributed by atoms with Gasteiger partial charge in [-0.25, -0.2) is 4.39 Å². The summed E-state index contributed by atoms with van der Waals surface area (Å²) in [6, 6.07) is 15.0. The number of thioether (sulfide) groups is 1. The highest BCUT2D eigenvalue weighted by atomic mass is 32.2. The van der Waals surface area contributed by atoms with E-state index in [0.717, 1.165) is 5.56 Å². The lowest BCUT2D eigenvalue weighted by molar-refractivity contribution is -0.129. The van der Waals surface area contributed by atoms with Crippen LogP contribution >= 0.6 is 11.8 Å². The first-order chi connectivity index (χ1) is 11.6. The molecule has 4 nitrogen and oxygen atoms in total. The summed E-state index contributed by atoms with van der Waals surface area (Å²) in [5.41, 5.74) is 2.09. The number of amides is 2. The molecule has 3 rings (SSSR count). The normalized spacial score (nSPS) is 14.3. The van der Waals surface area contributed by atoms with E-state index in [-0.39, 0.29) is 24.2 Å². The van der Waals surface area contributed by atoms with E-state index in [1.807, 2.05) is 35.7 Å². The minimum Gasteiger partial charge on any atom is -0.325 e. The Balaban J connectivity index is 1.74. The minimum absolute atomic E-state index is 0.0858. The Labute approximate surface area is 143 Å². The van der Waals surface area contributed by atoms with Crippen molar-refractivity contribution in [3.8, 4) is 0 Å². The van der Waals surface area contributed by atoms with Gasteiger partial charge in [0, 0.05) is 5.69 Å². The number of hydrogen-bond donors (Lipinski definition) is 1. The monoisotopic (exact) mass is 342 g/mol. The first kappa shape index (κ1) is 16.3. The van der Waals surface area contributed by atoms with Crippen LogP contribution in [0.4, 0.5) is 10.1 Å². The molecule has 0 aliphatic carbocycles. The van der Waals surface area contributed by atoms with E-state index < -0.39 is 0 Å². The molecule has 0 radical (unpaired) electrons. The average Bonchev–Trinajstić information content (AvgIpc) is 2.59. The predicted octanol–water partition coefficient (Wildman–Crippen LogP) is 3.34. The fourth-order valence-corrected chi connectivity index (χ4v) is 3.15. The van der Waals surface area contributed by atoms with Crippen LogP contribution in [0.5, 0.6) is 0 Å². The van der Waals surface area contributed by atoms with E-state index in [4.69, 9.17) is 0 Å². The van der Waals surface area contributed by atoms with Crippen molar-refractivity contribution < 1.29 is 14.0 Å². The topological polar surface area (TPSA) is 49.4 Å². The van der Waals surface area contributed by atoms with Gasteiger partial charge >= 0.3 is 0 Å². The zero-order valence-electron chi connectivity index (χ0n) is 12.7. The zero-order valence-corrected chi connectivity index (χ0v) is 13.6. The molecule has 0 bridgehead atoms. The SMILES string of the molecule is O=C(CN1C(=O)CSC=C1c1ccccc1)Nc1ccc(F)cc1. The molecule has 0 saturated heterocycles. The van der Waals surface area contributed by atoms with Crippen molar-refractivity contribution in [1.29, 1.82) is 0 Å². The van der Waals surface area contributed by atoms with Crippen LogP contribution in [0.3, 0.4) is 0 Å². The molecule has 24 heavy (non-hydrogen) atoms. The maximum absolute atomic E-state index is 12.9. The van der Waals surface area contributed by atoms with Crippen LogP contribution < -0.4 is 5.32 Å². The highest BCUT2D eigenvalue weighted by Crippen LogP contribution is 2.27. The van der Waals surface area contributed by atoms with Crippen molar-refractivity contribution >= 4 is 35.0 Å². The number of carbonyl (C=O) groups excluding carboxylic acids is 2. The lowest BCUT2D eigenvalue weighted by atomic mass is 10.1. The number of anilines is 1. The summed E-state index contributed by atoms with van der Waals surface area (Å²) in [6.07, 6.45) is 0. The fraction of sp³-hybridized carbons (Fsp3) is 0.111. The van der Waals surface area contributed by atoms with Gasteiger partial charge in [-0.05, 0) is 35.2 Å². The molecule has 2 aromatic carbocycles. The van der Waals surface area contributed by atoms with Gasteiger partial charge in [0.25, 0.3) is 0 Å². The van der Waals surface area contributed by atoms with E-state index in [1.165, 1.54) is 40.9 Å². The second-order valence-corrected chi connectivity index (χ2v) is 6.07. The van der Waals surface area contributed by atoms with Crippen molar-refractivity contribution in [2.75, 3.05) is 17.6 Å².